The Balaban J connectivity index is 1.59. The fourth-order valence-corrected chi connectivity index (χ4v) is 3.97. The zero-order valence-corrected chi connectivity index (χ0v) is 16.0. The molecule has 0 bridgehead atoms. The number of rotatable bonds is 6. The number of hydrogen-bond donors (Lipinski definition) is 1. The van der Waals surface area contributed by atoms with E-state index in [2.05, 4.69) is 34.1 Å². The molecule has 0 aliphatic heterocycles. The minimum atomic E-state index is -3.66. The number of anilines is 1. The molecule has 140 valence electrons. The summed E-state index contributed by atoms with van der Waals surface area (Å²) in [5.74, 6) is 1.00. The molecule has 0 amide bonds. The van der Waals surface area contributed by atoms with Crippen LogP contribution in [-0.4, -0.2) is 28.6 Å². The summed E-state index contributed by atoms with van der Waals surface area (Å²) < 4.78 is 29.9. The highest BCUT2D eigenvalue weighted by Crippen LogP contribution is 2.36. The first-order chi connectivity index (χ1) is 12.9. The second-order valence-corrected chi connectivity index (χ2v) is 8.77. The first-order valence-electron chi connectivity index (χ1n) is 8.95. The van der Waals surface area contributed by atoms with Crippen LogP contribution in [0.2, 0.25) is 0 Å². The Bertz CT molecular complexity index is 1050. The van der Waals surface area contributed by atoms with Crippen LogP contribution >= 0.6 is 0 Å². The number of hydrogen-bond acceptors (Lipinski definition) is 5. The van der Waals surface area contributed by atoms with Crippen molar-refractivity contribution in [2.24, 2.45) is 0 Å². The molecule has 8 heteroatoms. The Morgan fingerprint density at radius 3 is 2.52 bits per heavy atom. The standard InChI is InChI=1S/C19H21N5O2S/c1-13(2)14-6-10-18(11-7-14)27(25,26)21-16-5-3-4-15(12-16)19-20-22-23-24(19)17-8-9-17/h3-7,10-13,17,21H,8-9H2,1-2H3. The highest BCUT2D eigenvalue weighted by Gasteiger charge is 2.28. The third-order valence-corrected chi connectivity index (χ3v) is 6.01. The maximum atomic E-state index is 12.7. The molecule has 4 rings (SSSR count). The highest BCUT2D eigenvalue weighted by molar-refractivity contribution is 7.92. The molecule has 1 aromatic heterocycles. The van der Waals surface area contributed by atoms with Gasteiger partial charge in [-0.15, -0.1) is 5.10 Å². The first-order valence-corrected chi connectivity index (χ1v) is 10.4. The summed E-state index contributed by atoms with van der Waals surface area (Å²) in [4.78, 5) is 0.236. The zero-order valence-electron chi connectivity index (χ0n) is 15.2. The molecule has 27 heavy (non-hydrogen) atoms. The van der Waals surface area contributed by atoms with E-state index in [0.717, 1.165) is 24.0 Å². The smallest absolute Gasteiger partial charge is 0.261 e. The lowest BCUT2D eigenvalue weighted by molar-refractivity contribution is 0.601. The predicted octanol–water partition coefficient (Wildman–Crippen LogP) is 3.60. The van der Waals surface area contributed by atoms with Crippen molar-refractivity contribution < 1.29 is 8.42 Å². The van der Waals surface area contributed by atoms with Gasteiger partial charge in [-0.3, -0.25) is 4.72 Å². The van der Waals surface area contributed by atoms with Crippen molar-refractivity contribution in [3.63, 3.8) is 0 Å². The first kappa shape index (κ1) is 17.7. The quantitative estimate of drug-likeness (QED) is 0.702. The molecule has 3 aromatic rings. The summed E-state index contributed by atoms with van der Waals surface area (Å²) in [6.45, 7) is 4.14. The fraction of sp³-hybridized carbons (Fsp3) is 0.316. The van der Waals surface area contributed by atoms with Gasteiger partial charge in [-0.1, -0.05) is 38.1 Å². The maximum absolute atomic E-state index is 12.7. The molecule has 0 spiro atoms. The van der Waals surface area contributed by atoms with Crippen LogP contribution in [0.15, 0.2) is 53.4 Å². The highest BCUT2D eigenvalue weighted by atomic mass is 32.2. The van der Waals surface area contributed by atoms with E-state index in [9.17, 15) is 8.42 Å². The zero-order chi connectivity index (χ0) is 19.0. The molecular formula is C19H21N5O2S. The molecule has 1 saturated carbocycles. The summed E-state index contributed by atoms with van der Waals surface area (Å²) in [7, 11) is -3.66. The Hall–Kier alpha value is -2.74. The van der Waals surface area contributed by atoms with Crippen molar-refractivity contribution in [3.8, 4) is 11.4 Å². The van der Waals surface area contributed by atoms with Crippen LogP contribution in [-0.2, 0) is 10.0 Å². The molecule has 7 nitrogen and oxygen atoms in total. The van der Waals surface area contributed by atoms with Crippen molar-refractivity contribution in [1.29, 1.82) is 0 Å². The molecular weight excluding hydrogens is 362 g/mol. The second kappa shape index (κ2) is 6.77. The average Bonchev–Trinajstić information content (AvgIpc) is 3.38. The van der Waals surface area contributed by atoms with Gasteiger partial charge < -0.3 is 0 Å². The molecule has 0 atom stereocenters. The van der Waals surface area contributed by atoms with E-state index in [-0.39, 0.29) is 4.90 Å². The number of aromatic nitrogens is 4. The Labute approximate surface area is 158 Å². The third kappa shape index (κ3) is 3.71. The topological polar surface area (TPSA) is 89.8 Å². The lowest BCUT2D eigenvalue weighted by atomic mass is 10.0. The van der Waals surface area contributed by atoms with E-state index in [1.165, 1.54) is 0 Å². The van der Waals surface area contributed by atoms with Gasteiger partial charge in [0.2, 0.25) is 0 Å². The SMILES string of the molecule is CC(C)c1ccc(S(=O)(=O)Nc2cccc(-c3nnnn3C3CC3)c2)cc1. The van der Waals surface area contributed by atoms with Crippen molar-refractivity contribution >= 4 is 15.7 Å². The molecule has 1 heterocycles. The van der Waals surface area contributed by atoms with Crippen LogP contribution in [0.5, 0.6) is 0 Å². The third-order valence-electron chi connectivity index (χ3n) is 4.62. The van der Waals surface area contributed by atoms with E-state index in [1.807, 2.05) is 18.2 Å². The van der Waals surface area contributed by atoms with E-state index in [0.29, 0.717) is 23.5 Å². The molecule has 1 fully saturated rings. The van der Waals surface area contributed by atoms with Gasteiger partial charge >= 0.3 is 0 Å². The Morgan fingerprint density at radius 1 is 1.11 bits per heavy atom. The monoisotopic (exact) mass is 383 g/mol. The fourth-order valence-electron chi connectivity index (χ4n) is 2.92. The van der Waals surface area contributed by atoms with Gasteiger partial charge in [0.05, 0.1) is 10.9 Å². The normalized spacial score (nSPS) is 14.5. The lowest BCUT2D eigenvalue weighted by Gasteiger charge is -2.11. The predicted molar refractivity (Wildman–Crippen MR) is 103 cm³/mol. The summed E-state index contributed by atoms with van der Waals surface area (Å²) in [5.41, 5.74) is 2.36. The largest absolute Gasteiger partial charge is 0.280 e. The molecule has 1 aliphatic rings. The van der Waals surface area contributed by atoms with Crippen LogP contribution in [0.1, 0.15) is 44.2 Å². The Morgan fingerprint density at radius 2 is 1.85 bits per heavy atom. The number of sulfonamides is 1. The molecule has 0 unspecified atom stereocenters. The number of nitrogens with zero attached hydrogens (tertiary/aromatic N) is 4. The van der Waals surface area contributed by atoms with Crippen molar-refractivity contribution in [2.75, 3.05) is 4.72 Å². The van der Waals surface area contributed by atoms with E-state index in [1.54, 1.807) is 35.0 Å². The summed E-state index contributed by atoms with van der Waals surface area (Å²) in [5, 5.41) is 11.9. The van der Waals surface area contributed by atoms with Gasteiger partial charge in [-0.2, -0.15) is 0 Å². The molecule has 0 saturated heterocycles. The van der Waals surface area contributed by atoms with Crippen LogP contribution in [0.3, 0.4) is 0 Å². The molecule has 1 aliphatic carbocycles. The number of nitrogens with one attached hydrogen (secondary N) is 1. The summed E-state index contributed by atoms with van der Waals surface area (Å²) in [6.07, 6.45) is 2.13. The van der Waals surface area contributed by atoms with E-state index >= 15 is 0 Å². The van der Waals surface area contributed by atoms with Gasteiger partial charge in [0.25, 0.3) is 10.0 Å². The van der Waals surface area contributed by atoms with Crippen molar-refractivity contribution in [2.45, 2.75) is 43.5 Å². The average molecular weight is 383 g/mol. The lowest BCUT2D eigenvalue weighted by Crippen LogP contribution is -2.13. The van der Waals surface area contributed by atoms with E-state index in [4.69, 9.17) is 0 Å². The minimum absolute atomic E-state index is 0.236. The minimum Gasteiger partial charge on any atom is -0.280 e. The maximum Gasteiger partial charge on any atom is 0.261 e. The number of tetrazole rings is 1. The summed E-state index contributed by atoms with van der Waals surface area (Å²) >= 11 is 0. The van der Waals surface area contributed by atoms with Gasteiger partial charge in [-0.25, -0.2) is 13.1 Å². The molecule has 2 aromatic carbocycles. The second-order valence-electron chi connectivity index (χ2n) is 7.09. The van der Waals surface area contributed by atoms with Gasteiger partial charge in [0.1, 0.15) is 0 Å². The number of benzene rings is 2. The molecule has 0 radical (unpaired) electrons. The Kier molecular flexibility index (Phi) is 4.43. The van der Waals surface area contributed by atoms with Crippen molar-refractivity contribution in [1.82, 2.24) is 20.2 Å². The summed E-state index contributed by atoms with van der Waals surface area (Å²) in [6, 6.07) is 14.4. The van der Waals surface area contributed by atoms with Crippen LogP contribution in [0.25, 0.3) is 11.4 Å². The van der Waals surface area contributed by atoms with Gasteiger partial charge in [0.15, 0.2) is 5.82 Å². The van der Waals surface area contributed by atoms with Crippen LogP contribution < -0.4 is 4.72 Å². The molecule has 1 N–H and O–H groups in total. The van der Waals surface area contributed by atoms with Crippen LogP contribution in [0.4, 0.5) is 5.69 Å². The van der Waals surface area contributed by atoms with Crippen molar-refractivity contribution in [3.05, 3.63) is 54.1 Å². The van der Waals surface area contributed by atoms with Gasteiger partial charge in [-0.05, 0) is 59.0 Å². The van der Waals surface area contributed by atoms with E-state index < -0.39 is 10.0 Å². The van der Waals surface area contributed by atoms with Crippen LogP contribution in [0, 0.1) is 0 Å². The van der Waals surface area contributed by atoms with Gasteiger partial charge in [0, 0.05) is 11.3 Å².